The average molecular weight is 352 g/mol. The van der Waals surface area contributed by atoms with Gasteiger partial charge in [-0.05, 0) is 59.0 Å². The number of hydrogen-bond donors (Lipinski definition) is 1. The Balaban J connectivity index is 1.37. The molecule has 0 radical (unpaired) electrons. The van der Waals surface area contributed by atoms with Crippen molar-refractivity contribution in [1.82, 2.24) is 20.0 Å². The third kappa shape index (κ3) is 3.44. The number of thiophene rings is 1. The summed E-state index contributed by atoms with van der Waals surface area (Å²) < 4.78 is 1.82. The van der Waals surface area contributed by atoms with Gasteiger partial charge < -0.3 is 10.2 Å². The molecule has 1 N–H and O–H groups in total. The predicted octanol–water partition coefficient (Wildman–Crippen LogP) is 3.98. The maximum atomic E-state index is 12.6. The molecule has 0 saturated carbocycles. The Morgan fingerprint density at radius 3 is 2.88 bits per heavy atom. The first-order valence-electron chi connectivity index (χ1n) is 8.47. The largest absolute Gasteiger partial charge is 0.334 e. The number of benzene rings is 1. The molecule has 1 aliphatic heterocycles. The first-order valence-corrected chi connectivity index (χ1v) is 9.41. The zero-order chi connectivity index (χ0) is 17.1. The van der Waals surface area contributed by atoms with Gasteiger partial charge in [-0.1, -0.05) is 12.1 Å². The first-order chi connectivity index (χ1) is 12.3. The summed E-state index contributed by atoms with van der Waals surface area (Å²) in [5.74, 6) is 0. The Labute approximate surface area is 150 Å². The molecule has 5 nitrogen and oxygen atoms in total. The van der Waals surface area contributed by atoms with Crippen LogP contribution in [0.3, 0.4) is 0 Å². The van der Waals surface area contributed by atoms with Gasteiger partial charge in [0.25, 0.3) is 0 Å². The fraction of sp³-hybridized carbons (Fsp3) is 0.263. The normalized spacial score (nSPS) is 17.0. The quantitative estimate of drug-likeness (QED) is 0.772. The van der Waals surface area contributed by atoms with Gasteiger partial charge in [0.2, 0.25) is 0 Å². The molecule has 0 spiro atoms. The van der Waals surface area contributed by atoms with Gasteiger partial charge in [-0.15, -0.1) is 0 Å². The van der Waals surface area contributed by atoms with Gasteiger partial charge >= 0.3 is 6.03 Å². The minimum Gasteiger partial charge on any atom is -0.334 e. The number of urea groups is 1. The van der Waals surface area contributed by atoms with Crippen molar-refractivity contribution in [2.24, 2.45) is 0 Å². The molecule has 2 aromatic heterocycles. The van der Waals surface area contributed by atoms with Gasteiger partial charge in [-0.25, -0.2) is 9.48 Å². The molecular weight excluding hydrogens is 332 g/mol. The van der Waals surface area contributed by atoms with Crippen LogP contribution in [-0.2, 0) is 6.54 Å². The van der Waals surface area contributed by atoms with Crippen LogP contribution in [0.4, 0.5) is 4.79 Å². The molecule has 3 aromatic rings. The van der Waals surface area contributed by atoms with E-state index in [-0.39, 0.29) is 12.1 Å². The molecule has 2 amide bonds. The zero-order valence-electron chi connectivity index (χ0n) is 13.8. The highest BCUT2D eigenvalue weighted by molar-refractivity contribution is 7.07. The highest BCUT2D eigenvalue weighted by atomic mass is 32.1. The second kappa shape index (κ2) is 7.11. The Bertz CT molecular complexity index is 812. The highest BCUT2D eigenvalue weighted by Crippen LogP contribution is 2.32. The fourth-order valence-corrected chi connectivity index (χ4v) is 4.00. The van der Waals surface area contributed by atoms with E-state index < -0.39 is 0 Å². The highest BCUT2D eigenvalue weighted by Gasteiger charge is 2.29. The molecule has 25 heavy (non-hydrogen) atoms. The summed E-state index contributed by atoms with van der Waals surface area (Å²) in [6.07, 6.45) is 5.78. The lowest BCUT2D eigenvalue weighted by Gasteiger charge is -2.24. The fourth-order valence-electron chi connectivity index (χ4n) is 3.29. The number of rotatable bonds is 4. The maximum absolute atomic E-state index is 12.6. The molecule has 4 rings (SSSR count). The molecule has 1 atom stereocenters. The number of nitrogens with zero attached hydrogens (tertiary/aromatic N) is 3. The van der Waals surface area contributed by atoms with E-state index in [9.17, 15) is 4.79 Å². The van der Waals surface area contributed by atoms with E-state index in [0.29, 0.717) is 6.54 Å². The van der Waals surface area contributed by atoms with Crippen LogP contribution < -0.4 is 5.32 Å². The van der Waals surface area contributed by atoms with Crippen LogP contribution in [0, 0.1) is 0 Å². The van der Waals surface area contributed by atoms with E-state index in [1.165, 1.54) is 5.56 Å². The molecule has 3 heterocycles. The Kier molecular flexibility index (Phi) is 4.52. The molecule has 1 aliphatic rings. The number of likely N-dealkylation sites (tertiary alicyclic amines) is 1. The summed E-state index contributed by atoms with van der Waals surface area (Å²) in [5, 5.41) is 11.5. The number of hydrogen-bond acceptors (Lipinski definition) is 3. The van der Waals surface area contributed by atoms with Gasteiger partial charge in [0, 0.05) is 25.5 Å². The Hall–Kier alpha value is -2.60. The second-order valence-electron chi connectivity index (χ2n) is 6.18. The van der Waals surface area contributed by atoms with Crippen molar-refractivity contribution in [2.75, 3.05) is 6.54 Å². The molecule has 6 heteroatoms. The molecule has 1 fully saturated rings. The van der Waals surface area contributed by atoms with E-state index in [0.717, 1.165) is 30.6 Å². The lowest BCUT2D eigenvalue weighted by molar-refractivity contribution is 0.192. The molecule has 1 aromatic carbocycles. The van der Waals surface area contributed by atoms with E-state index >= 15 is 0 Å². The number of carbonyl (C=O) groups is 1. The van der Waals surface area contributed by atoms with E-state index in [2.05, 4.69) is 27.2 Å². The van der Waals surface area contributed by atoms with Crippen molar-refractivity contribution in [3.63, 3.8) is 0 Å². The van der Waals surface area contributed by atoms with E-state index in [1.807, 2.05) is 46.1 Å². The van der Waals surface area contributed by atoms with Crippen LogP contribution in [-0.4, -0.2) is 27.3 Å². The van der Waals surface area contributed by atoms with E-state index in [4.69, 9.17) is 0 Å². The summed E-state index contributed by atoms with van der Waals surface area (Å²) in [4.78, 5) is 14.5. The van der Waals surface area contributed by atoms with Gasteiger partial charge in [-0.3, -0.25) is 0 Å². The molecule has 0 bridgehead atoms. The second-order valence-corrected chi connectivity index (χ2v) is 6.96. The number of nitrogens with one attached hydrogen (secondary N) is 1. The SMILES string of the molecule is O=C(NCc1ccc(-n2cccn2)cc1)N1CCCC1c1ccsc1. The summed E-state index contributed by atoms with van der Waals surface area (Å²) in [6, 6.07) is 12.3. The third-order valence-corrected chi connectivity index (χ3v) is 5.29. The topological polar surface area (TPSA) is 50.2 Å². The van der Waals surface area contributed by atoms with Crippen LogP contribution in [0.1, 0.15) is 30.0 Å². The third-order valence-electron chi connectivity index (χ3n) is 4.59. The minimum absolute atomic E-state index is 0.0184. The van der Waals surface area contributed by atoms with Gasteiger partial charge in [0.1, 0.15) is 0 Å². The van der Waals surface area contributed by atoms with Crippen molar-refractivity contribution in [3.05, 3.63) is 70.7 Å². The van der Waals surface area contributed by atoms with Crippen LogP contribution in [0.2, 0.25) is 0 Å². The van der Waals surface area contributed by atoms with Gasteiger partial charge in [0.15, 0.2) is 0 Å². The summed E-state index contributed by atoms with van der Waals surface area (Å²) in [5.41, 5.74) is 3.34. The monoisotopic (exact) mass is 352 g/mol. The van der Waals surface area contributed by atoms with Crippen LogP contribution in [0.25, 0.3) is 5.69 Å². The predicted molar refractivity (Wildman–Crippen MR) is 98.8 cm³/mol. The summed E-state index contributed by atoms with van der Waals surface area (Å²) >= 11 is 1.69. The van der Waals surface area contributed by atoms with Crippen molar-refractivity contribution in [3.8, 4) is 5.69 Å². The van der Waals surface area contributed by atoms with E-state index in [1.54, 1.807) is 17.5 Å². The molecule has 1 saturated heterocycles. The lowest BCUT2D eigenvalue weighted by atomic mass is 10.1. The minimum atomic E-state index is 0.0184. The zero-order valence-corrected chi connectivity index (χ0v) is 14.7. The Morgan fingerprint density at radius 1 is 1.28 bits per heavy atom. The average Bonchev–Trinajstić information content (AvgIpc) is 3.41. The summed E-state index contributed by atoms with van der Waals surface area (Å²) in [7, 11) is 0. The number of carbonyl (C=O) groups excluding carboxylic acids is 1. The summed E-state index contributed by atoms with van der Waals surface area (Å²) in [6.45, 7) is 1.36. The first kappa shape index (κ1) is 15.9. The van der Waals surface area contributed by atoms with Crippen LogP contribution >= 0.6 is 11.3 Å². The molecular formula is C19H20N4OS. The molecule has 128 valence electrons. The van der Waals surface area contributed by atoms with Crippen molar-refractivity contribution in [2.45, 2.75) is 25.4 Å². The van der Waals surface area contributed by atoms with Crippen molar-refractivity contribution < 1.29 is 4.79 Å². The smallest absolute Gasteiger partial charge is 0.318 e. The van der Waals surface area contributed by atoms with Crippen molar-refractivity contribution >= 4 is 17.4 Å². The molecule has 0 aliphatic carbocycles. The van der Waals surface area contributed by atoms with Crippen LogP contribution in [0.15, 0.2) is 59.6 Å². The van der Waals surface area contributed by atoms with Gasteiger partial charge in [-0.2, -0.15) is 16.4 Å². The number of aromatic nitrogens is 2. The number of amides is 2. The Morgan fingerprint density at radius 2 is 2.16 bits per heavy atom. The lowest BCUT2D eigenvalue weighted by Crippen LogP contribution is -2.39. The van der Waals surface area contributed by atoms with Crippen molar-refractivity contribution in [1.29, 1.82) is 0 Å². The standard InChI is InChI=1S/C19H20N4OS/c24-19(22-10-1-3-18(22)16-8-12-25-14-16)20-13-15-4-6-17(7-5-15)23-11-2-9-21-23/h2,4-9,11-12,14,18H,1,3,10,13H2,(H,20,24). The molecule has 1 unspecified atom stereocenters. The van der Waals surface area contributed by atoms with Gasteiger partial charge in [0.05, 0.1) is 11.7 Å². The van der Waals surface area contributed by atoms with Crippen LogP contribution in [0.5, 0.6) is 0 Å². The maximum Gasteiger partial charge on any atom is 0.318 e.